The molecule has 158 valence electrons. The number of ether oxygens (including phenoxy) is 1. The Morgan fingerprint density at radius 1 is 1.47 bits per heavy atom. The second-order valence-corrected chi connectivity index (χ2v) is 7.73. The third-order valence-electron chi connectivity index (χ3n) is 5.60. The molecule has 4 rings (SSSR count). The molecule has 30 heavy (non-hydrogen) atoms. The molecule has 1 atom stereocenters. The van der Waals surface area contributed by atoms with Gasteiger partial charge in [-0.15, -0.1) is 0 Å². The summed E-state index contributed by atoms with van der Waals surface area (Å²) in [6.45, 7) is 3.81. The lowest BCUT2D eigenvalue weighted by Crippen LogP contribution is -2.46. The number of nitrogens with zero attached hydrogens (tertiary/aromatic N) is 2. The summed E-state index contributed by atoms with van der Waals surface area (Å²) in [5.41, 5.74) is 10.5. The van der Waals surface area contributed by atoms with E-state index in [1.807, 2.05) is 25.1 Å². The van der Waals surface area contributed by atoms with Crippen molar-refractivity contribution in [1.82, 2.24) is 15.6 Å². The van der Waals surface area contributed by atoms with Crippen LogP contribution in [0.3, 0.4) is 0 Å². The van der Waals surface area contributed by atoms with Crippen molar-refractivity contribution in [2.75, 3.05) is 27.2 Å². The monoisotopic (exact) mass is 410 g/mol. The molecule has 0 aliphatic carbocycles. The first kappa shape index (κ1) is 20.0. The van der Waals surface area contributed by atoms with E-state index in [0.717, 1.165) is 42.6 Å². The Morgan fingerprint density at radius 3 is 3.00 bits per heavy atom. The van der Waals surface area contributed by atoms with Gasteiger partial charge in [-0.1, -0.05) is 0 Å². The van der Waals surface area contributed by atoms with Gasteiger partial charge in [-0.2, -0.15) is 5.10 Å². The largest absolute Gasteiger partial charge is 0.497 e. The van der Waals surface area contributed by atoms with Gasteiger partial charge in [-0.05, 0) is 51.6 Å². The van der Waals surface area contributed by atoms with Gasteiger partial charge in [0.05, 0.1) is 18.4 Å². The van der Waals surface area contributed by atoms with Crippen LogP contribution in [-0.2, 0) is 4.79 Å². The first-order valence-corrected chi connectivity index (χ1v) is 9.88. The standard InChI is InChI=1S/C21H26N6O3/c1-11-14-9-13(29-3)6-7-15(14)30-19(11)18(24-12-5-4-8-27(2)10-12)16-17(22)21(28)26-25-20(16)23/h6-7,9,12,22,24H,4-5,8,10H2,1-3H3,(H2,23,25)(H,26,28)/b18-16+,22-17?. The summed E-state index contributed by atoms with van der Waals surface area (Å²) >= 11 is 0. The van der Waals surface area contributed by atoms with E-state index in [1.54, 1.807) is 7.11 Å². The third kappa shape index (κ3) is 3.52. The highest BCUT2D eigenvalue weighted by Crippen LogP contribution is 2.34. The molecule has 3 heterocycles. The molecule has 0 saturated carbocycles. The number of piperidine rings is 1. The quantitative estimate of drug-likeness (QED) is 0.606. The van der Waals surface area contributed by atoms with Gasteiger partial charge in [0, 0.05) is 23.5 Å². The van der Waals surface area contributed by atoms with Crippen molar-refractivity contribution < 1.29 is 13.9 Å². The lowest BCUT2D eigenvalue weighted by molar-refractivity contribution is -0.114. The predicted octanol–water partition coefficient (Wildman–Crippen LogP) is 1.57. The maximum absolute atomic E-state index is 12.2. The maximum atomic E-state index is 12.2. The first-order valence-electron chi connectivity index (χ1n) is 9.88. The van der Waals surface area contributed by atoms with E-state index in [9.17, 15) is 4.79 Å². The van der Waals surface area contributed by atoms with Crippen LogP contribution >= 0.6 is 0 Å². The highest BCUT2D eigenvalue weighted by molar-refractivity contribution is 6.53. The number of hydrogen-bond acceptors (Lipinski definition) is 8. The molecule has 0 spiro atoms. The van der Waals surface area contributed by atoms with E-state index < -0.39 is 5.91 Å². The van der Waals surface area contributed by atoms with Crippen LogP contribution in [0.25, 0.3) is 16.7 Å². The molecule has 1 aromatic heterocycles. The molecule has 2 aliphatic heterocycles. The van der Waals surface area contributed by atoms with Gasteiger partial charge in [0.1, 0.15) is 17.0 Å². The van der Waals surface area contributed by atoms with E-state index in [1.165, 1.54) is 0 Å². The van der Waals surface area contributed by atoms with Crippen LogP contribution in [-0.4, -0.2) is 55.6 Å². The van der Waals surface area contributed by atoms with Gasteiger partial charge >= 0.3 is 0 Å². The Balaban J connectivity index is 1.88. The molecule has 1 fully saturated rings. The van der Waals surface area contributed by atoms with Gasteiger partial charge in [-0.25, -0.2) is 5.43 Å². The number of methoxy groups -OCH3 is 1. The molecule has 1 saturated heterocycles. The minimum atomic E-state index is -0.602. The van der Waals surface area contributed by atoms with Crippen LogP contribution in [0.15, 0.2) is 33.3 Å². The summed E-state index contributed by atoms with van der Waals surface area (Å²) in [5.74, 6) is 0.734. The number of carbonyl (C=O) groups is 1. The summed E-state index contributed by atoms with van der Waals surface area (Å²) in [6, 6.07) is 5.71. The average molecular weight is 410 g/mol. The topological polar surface area (TPSA) is 129 Å². The van der Waals surface area contributed by atoms with Gasteiger partial charge in [0.2, 0.25) is 0 Å². The fourth-order valence-corrected chi connectivity index (χ4v) is 4.02. The number of nitrogens with two attached hydrogens (primary N) is 1. The third-order valence-corrected chi connectivity index (χ3v) is 5.60. The zero-order chi connectivity index (χ0) is 21.4. The SMILES string of the molecule is COc1ccc2oc(/C(NC3CCCN(C)C3)=C3/C(=N)C(=O)NN=C3N)c(C)c2c1. The van der Waals surface area contributed by atoms with Crippen molar-refractivity contribution in [1.29, 1.82) is 5.41 Å². The summed E-state index contributed by atoms with van der Waals surface area (Å²) in [5, 5.41) is 16.6. The van der Waals surface area contributed by atoms with Crippen LogP contribution in [0.1, 0.15) is 24.2 Å². The predicted molar refractivity (Wildman–Crippen MR) is 116 cm³/mol. The molecule has 2 aliphatic rings. The Kier molecular flexibility index (Phi) is 5.21. The lowest BCUT2D eigenvalue weighted by Gasteiger charge is -2.32. The first-order chi connectivity index (χ1) is 14.4. The maximum Gasteiger partial charge on any atom is 0.290 e. The molecule has 0 bridgehead atoms. The molecule has 5 N–H and O–H groups in total. The lowest BCUT2D eigenvalue weighted by atomic mass is 9.99. The molecule has 1 aromatic carbocycles. The molecule has 2 aromatic rings. The highest BCUT2D eigenvalue weighted by atomic mass is 16.5. The number of likely N-dealkylation sites (tertiary alicyclic amines) is 1. The molecular weight excluding hydrogens is 384 g/mol. The summed E-state index contributed by atoms with van der Waals surface area (Å²) in [4.78, 5) is 14.4. The molecular formula is C21H26N6O3. The Morgan fingerprint density at radius 2 is 2.27 bits per heavy atom. The minimum Gasteiger partial charge on any atom is -0.497 e. The smallest absolute Gasteiger partial charge is 0.290 e. The summed E-state index contributed by atoms with van der Waals surface area (Å²) in [7, 11) is 3.69. The van der Waals surface area contributed by atoms with Crippen LogP contribution < -0.4 is 21.2 Å². The van der Waals surface area contributed by atoms with Crippen molar-refractivity contribution in [3.05, 3.63) is 35.1 Å². The van der Waals surface area contributed by atoms with Crippen molar-refractivity contribution >= 4 is 34.1 Å². The van der Waals surface area contributed by atoms with Crippen LogP contribution in [0.5, 0.6) is 5.75 Å². The molecule has 1 amide bonds. The van der Waals surface area contributed by atoms with Crippen molar-refractivity contribution in [2.45, 2.75) is 25.8 Å². The normalized spacial score (nSPS) is 22.0. The Bertz CT molecular complexity index is 1080. The zero-order valence-corrected chi connectivity index (χ0v) is 17.3. The van der Waals surface area contributed by atoms with E-state index in [4.69, 9.17) is 20.3 Å². The van der Waals surface area contributed by atoms with Crippen LogP contribution in [0.2, 0.25) is 0 Å². The van der Waals surface area contributed by atoms with E-state index in [0.29, 0.717) is 17.0 Å². The Labute approximate surface area is 174 Å². The number of likely N-dealkylation sites (N-methyl/N-ethyl adjacent to an activating group) is 1. The molecule has 1 unspecified atom stereocenters. The van der Waals surface area contributed by atoms with Crippen LogP contribution in [0.4, 0.5) is 0 Å². The number of amides is 1. The van der Waals surface area contributed by atoms with E-state index in [-0.39, 0.29) is 23.2 Å². The number of carbonyl (C=O) groups excluding carboxylic acids is 1. The number of fused-ring (bicyclic) bond motifs is 1. The van der Waals surface area contributed by atoms with Gasteiger partial charge in [-0.3, -0.25) is 10.2 Å². The fraction of sp³-hybridized carbons (Fsp3) is 0.381. The summed E-state index contributed by atoms with van der Waals surface area (Å²) in [6.07, 6.45) is 2.01. The number of benzene rings is 1. The number of rotatable bonds is 4. The van der Waals surface area contributed by atoms with E-state index >= 15 is 0 Å². The number of amidine groups is 1. The molecule has 0 radical (unpaired) electrons. The average Bonchev–Trinajstić information content (AvgIpc) is 3.06. The fourth-order valence-electron chi connectivity index (χ4n) is 4.02. The van der Waals surface area contributed by atoms with Crippen molar-refractivity contribution in [3.63, 3.8) is 0 Å². The van der Waals surface area contributed by atoms with Gasteiger partial charge < -0.3 is 25.1 Å². The van der Waals surface area contributed by atoms with Crippen LogP contribution in [0, 0.1) is 12.3 Å². The van der Waals surface area contributed by atoms with Crippen molar-refractivity contribution in [3.8, 4) is 5.75 Å². The number of nitrogens with one attached hydrogen (secondary N) is 3. The number of furan rings is 1. The number of hydrazone groups is 1. The zero-order valence-electron chi connectivity index (χ0n) is 17.3. The molecule has 9 nitrogen and oxygen atoms in total. The number of hydrogen-bond donors (Lipinski definition) is 4. The van der Waals surface area contributed by atoms with E-state index in [2.05, 4.69) is 27.8 Å². The Hall–Kier alpha value is -3.33. The number of aryl methyl sites for hydroxylation is 1. The second-order valence-electron chi connectivity index (χ2n) is 7.73. The minimum absolute atomic E-state index is 0.0729. The molecule has 9 heteroatoms. The van der Waals surface area contributed by atoms with Crippen molar-refractivity contribution in [2.24, 2.45) is 10.8 Å². The van der Waals surface area contributed by atoms with Gasteiger partial charge in [0.15, 0.2) is 11.6 Å². The highest BCUT2D eigenvalue weighted by Gasteiger charge is 2.31. The summed E-state index contributed by atoms with van der Waals surface area (Å²) < 4.78 is 11.5. The second kappa shape index (κ2) is 7.83. The van der Waals surface area contributed by atoms with Gasteiger partial charge in [0.25, 0.3) is 5.91 Å².